The van der Waals surface area contributed by atoms with Crippen molar-refractivity contribution in [2.75, 3.05) is 0 Å². The number of hydrogen-bond donors (Lipinski definition) is 0. The maximum absolute atomic E-state index is 4.56. The second-order valence-electron chi connectivity index (χ2n) is 13.5. The number of fused-ring (bicyclic) bond motifs is 8. The van der Waals surface area contributed by atoms with Crippen LogP contribution >= 0.6 is 11.3 Å². The van der Waals surface area contributed by atoms with E-state index in [0.717, 1.165) is 40.4 Å². The number of aliphatic imine (C=N–C) groups is 2. The summed E-state index contributed by atoms with van der Waals surface area (Å²) in [6.45, 7) is 3.64. The van der Waals surface area contributed by atoms with E-state index in [2.05, 4.69) is 121 Å². The van der Waals surface area contributed by atoms with Crippen LogP contribution in [-0.2, 0) is 0 Å². The molecule has 0 saturated heterocycles. The van der Waals surface area contributed by atoms with Crippen molar-refractivity contribution < 1.29 is 0 Å². The van der Waals surface area contributed by atoms with Crippen molar-refractivity contribution in [2.45, 2.75) is 24.8 Å². The van der Waals surface area contributed by atoms with Gasteiger partial charge in [-0.3, -0.25) is 29.9 Å². The number of aromatic nitrogens is 4. The molecule has 3 unspecified atom stereocenters. The molecule has 272 valence electrons. The van der Waals surface area contributed by atoms with Gasteiger partial charge in [0, 0.05) is 59.3 Å². The van der Waals surface area contributed by atoms with Crippen LogP contribution in [-0.4, -0.2) is 32.4 Å². The van der Waals surface area contributed by atoms with Crippen molar-refractivity contribution in [2.24, 2.45) is 15.9 Å². The number of thiophene rings is 1. The van der Waals surface area contributed by atoms with E-state index in [0.29, 0.717) is 5.92 Å². The molecule has 0 radical (unpaired) electrons. The van der Waals surface area contributed by atoms with Crippen molar-refractivity contribution in [1.82, 2.24) is 19.9 Å². The monoisotopic (exact) mass is 744 g/mol. The predicted molar refractivity (Wildman–Crippen MR) is 236 cm³/mol. The summed E-state index contributed by atoms with van der Waals surface area (Å²) >= 11 is 1.71. The Labute approximate surface area is 331 Å². The van der Waals surface area contributed by atoms with Gasteiger partial charge in [0.25, 0.3) is 0 Å². The average Bonchev–Trinajstić information content (AvgIpc) is 3.95. The molecule has 0 amide bonds. The highest BCUT2D eigenvalue weighted by molar-refractivity contribution is 7.13. The summed E-state index contributed by atoms with van der Waals surface area (Å²) < 4.78 is 0. The second-order valence-corrected chi connectivity index (χ2v) is 14.4. The number of dihydropyridines is 1. The molecular formula is C49H40N6S. The fourth-order valence-corrected chi connectivity index (χ4v) is 7.67. The van der Waals surface area contributed by atoms with E-state index >= 15 is 0 Å². The smallest absolute Gasteiger partial charge is 0.0961 e. The molecule has 3 aromatic carbocycles. The minimum absolute atomic E-state index is 0.233. The lowest BCUT2D eigenvalue weighted by molar-refractivity contribution is 0.713. The van der Waals surface area contributed by atoms with Gasteiger partial charge in [0.2, 0.25) is 0 Å². The average molecular weight is 745 g/mol. The number of nitrogens with zero attached hydrogens (tertiary/aromatic N) is 6. The molecule has 11 rings (SSSR count). The van der Waals surface area contributed by atoms with Crippen molar-refractivity contribution in [3.8, 4) is 10.6 Å². The van der Waals surface area contributed by atoms with Crippen LogP contribution in [0.4, 0.5) is 5.69 Å². The Balaban J connectivity index is 0.000000105. The van der Waals surface area contributed by atoms with Crippen LogP contribution in [0.5, 0.6) is 0 Å². The topological polar surface area (TPSA) is 76.3 Å². The summed E-state index contributed by atoms with van der Waals surface area (Å²) in [7, 11) is 0. The number of hydrogen-bond acceptors (Lipinski definition) is 7. The second kappa shape index (κ2) is 17.6. The Morgan fingerprint density at radius 1 is 0.696 bits per heavy atom. The molecule has 7 heterocycles. The van der Waals surface area contributed by atoms with Gasteiger partial charge in [-0.05, 0) is 89.2 Å². The summed E-state index contributed by atoms with van der Waals surface area (Å²) in [5.41, 5.74) is 7.92. The molecule has 3 aliphatic rings. The third kappa shape index (κ3) is 8.65. The van der Waals surface area contributed by atoms with Crippen LogP contribution in [0.1, 0.15) is 41.6 Å². The Morgan fingerprint density at radius 2 is 1.43 bits per heavy atom. The van der Waals surface area contributed by atoms with E-state index in [9.17, 15) is 0 Å². The number of pyridine rings is 4. The Kier molecular flexibility index (Phi) is 11.4. The number of rotatable bonds is 4. The molecule has 7 heteroatoms. The summed E-state index contributed by atoms with van der Waals surface area (Å²) in [5.74, 6) is 1.43. The molecular weight excluding hydrogens is 705 g/mol. The molecule has 0 N–H and O–H groups in total. The van der Waals surface area contributed by atoms with E-state index in [-0.39, 0.29) is 6.04 Å². The van der Waals surface area contributed by atoms with Gasteiger partial charge in [-0.1, -0.05) is 104 Å². The standard InChI is InChI=1S/C13H10N2.C13H11NS.C13H9N.C10H10N2/c1-2-8-3-4-10-11-6-9(11)7-15-13(10)12(8)14-5-1;1-2-3-6-11-9-13(15-10-11)12-7-4-5-8-14-12;1-2-6-12-10(4-1)7-8-11-5-3-9-14-13(11)12;1-3-7-11-9(5-1)10-6-2-4-8-12-10/h1-5,7,9,11H,6H2;2-10H,1H2;1-9H;1-5,7-8,10H,6H2/b;6-3-;;. The molecule has 1 aliphatic carbocycles. The first-order chi connectivity index (χ1) is 27.7. The first-order valence-corrected chi connectivity index (χ1v) is 19.7. The zero-order valence-corrected chi connectivity index (χ0v) is 31.7. The zero-order valence-electron chi connectivity index (χ0n) is 30.8. The van der Waals surface area contributed by atoms with Crippen LogP contribution in [0.3, 0.4) is 0 Å². The highest BCUT2D eigenvalue weighted by Crippen LogP contribution is 2.53. The summed E-state index contributed by atoms with van der Waals surface area (Å²) in [5, 5.41) is 6.98. The maximum atomic E-state index is 4.56. The minimum atomic E-state index is 0.233. The third-order valence-corrected chi connectivity index (χ3v) is 10.7. The van der Waals surface area contributed by atoms with Crippen LogP contribution in [0, 0.1) is 5.92 Å². The molecule has 1 saturated carbocycles. The van der Waals surface area contributed by atoms with Gasteiger partial charge < -0.3 is 0 Å². The SMILES string of the molecule is C1=CCC(c2ccccn2)N=C1.C1=Nc2c(ccc3cccnc23)C2CC12.C=C/C=C\c1csc(-c2ccccn2)c1.c1ccc2c(c1)ccc1cccnc12. The van der Waals surface area contributed by atoms with E-state index in [1.165, 1.54) is 44.0 Å². The summed E-state index contributed by atoms with van der Waals surface area (Å²) in [6, 6.07) is 39.4. The summed E-state index contributed by atoms with van der Waals surface area (Å²) in [6.07, 6.45) is 23.3. The molecule has 1 fully saturated rings. The van der Waals surface area contributed by atoms with Gasteiger partial charge >= 0.3 is 0 Å². The Hall–Kier alpha value is -6.70. The lowest BCUT2D eigenvalue weighted by Crippen LogP contribution is -1.99. The quantitative estimate of drug-likeness (QED) is 0.133. The van der Waals surface area contributed by atoms with E-state index in [4.69, 9.17) is 0 Å². The normalized spacial score (nSPS) is 17.1. The Morgan fingerprint density at radius 3 is 2.21 bits per heavy atom. The molecule has 5 aromatic heterocycles. The molecule has 2 aliphatic heterocycles. The van der Waals surface area contributed by atoms with E-state index in [1.807, 2.05) is 97.8 Å². The van der Waals surface area contributed by atoms with Gasteiger partial charge in [0.05, 0.1) is 39.0 Å². The molecule has 6 nitrogen and oxygen atoms in total. The van der Waals surface area contributed by atoms with Crippen molar-refractivity contribution in [3.05, 3.63) is 193 Å². The van der Waals surface area contributed by atoms with Crippen LogP contribution < -0.4 is 0 Å². The highest BCUT2D eigenvalue weighted by atomic mass is 32.1. The van der Waals surface area contributed by atoms with Gasteiger partial charge in [-0.15, -0.1) is 11.3 Å². The van der Waals surface area contributed by atoms with E-state index in [1.54, 1.807) is 17.4 Å². The lowest BCUT2D eigenvalue weighted by Gasteiger charge is -2.10. The van der Waals surface area contributed by atoms with Crippen LogP contribution in [0.25, 0.3) is 49.2 Å². The predicted octanol–water partition coefficient (Wildman–Crippen LogP) is 12.6. The first kappa shape index (κ1) is 36.3. The van der Waals surface area contributed by atoms with Crippen molar-refractivity contribution in [3.63, 3.8) is 0 Å². The van der Waals surface area contributed by atoms with E-state index < -0.39 is 0 Å². The van der Waals surface area contributed by atoms with Crippen LogP contribution in [0.15, 0.2) is 186 Å². The zero-order chi connectivity index (χ0) is 37.9. The molecule has 3 atom stereocenters. The molecule has 0 spiro atoms. The molecule has 0 bridgehead atoms. The molecule has 56 heavy (non-hydrogen) atoms. The fourth-order valence-electron chi connectivity index (χ4n) is 6.82. The van der Waals surface area contributed by atoms with Gasteiger partial charge in [-0.2, -0.15) is 0 Å². The first-order valence-electron chi connectivity index (χ1n) is 18.8. The molecule has 8 aromatic rings. The third-order valence-electron chi connectivity index (χ3n) is 9.75. The number of allylic oxidation sites excluding steroid dienone is 3. The summed E-state index contributed by atoms with van der Waals surface area (Å²) in [4.78, 5) is 27.5. The highest BCUT2D eigenvalue weighted by Gasteiger charge is 2.41. The van der Waals surface area contributed by atoms with Crippen molar-refractivity contribution >= 4 is 68.1 Å². The minimum Gasteiger partial charge on any atom is -0.283 e. The lowest BCUT2D eigenvalue weighted by atomic mass is 10.0. The van der Waals surface area contributed by atoms with Gasteiger partial charge in [-0.25, -0.2) is 0 Å². The largest absolute Gasteiger partial charge is 0.283 e. The maximum Gasteiger partial charge on any atom is 0.0961 e. The number of benzene rings is 3. The van der Waals surface area contributed by atoms with Gasteiger partial charge in [0.15, 0.2) is 0 Å². The Bertz CT molecular complexity index is 2640. The van der Waals surface area contributed by atoms with Gasteiger partial charge in [0.1, 0.15) is 0 Å². The van der Waals surface area contributed by atoms with Crippen LogP contribution in [0.2, 0.25) is 0 Å². The van der Waals surface area contributed by atoms with Crippen molar-refractivity contribution in [1.29, 1.82) is 0 Å². The fraction of sp³-hybridized carbons (Fsp3) is 0.102.